The zero-order chi connectivity index (χ0) is 21.8. The van der Waals surface area contributed by atoms with Crippen molar-refractivity contribution in [3.05, 3.63) is 87.9 Å². The van der Waals surface area contributed by atoms with Gasteiger partial charge in [-0.05, 0) is 60.7 Å². The normalized spacial score (nSPS) is 11.5. The van der Waals surface area contributed by atoms with E-state index in [2.05, 4.69) is 32.1 Å². The first-order chi connectivity index (χ1) is 15.0. The number of rotatable bonds is 4. The molecule has 0 bridgehead atoms. The van der Waals surface area contributed by atoms with Gasteiger partial charge in [0.2, 0.25) is 6.79 Å². The molecular formula is C22H16BrN3O5. The number of carbonyl (C=O) groups is 3. The Morgan fingerprint density at radius 1 is 0.710 bits per heavy atom. The molecule has 0 spiro atoms. The van der Waals surface area contributed by atoms with Gasteiger partial charge in [-0.1, -0.05) is 22.0 Å². The van der Waals surface area contributed by atoms with Crippen molar-refractivity contribution in [2.75, 3.05) is 12.1 Å². The van der Waals surface area contributed by atoms with Crippen LogP contribution in [0.5, 0.6) is 11.5 Å². The van der Waals surface area contributed by atoms with Crippen LogP contribution in [-0.4, -0.2) is 24.5 Å². The Morgan fingerprint density at radius 3 is 2.10 bits per heavy atom. The molecule has 0 fully saturated rings. The number of hydrogen-bond acceptors (Lipinski definition) is 5. The molecule has 0 radical (unpaired) electrons. The number of amides is 3. The lowest BCUT2D eigenvalue weighted by atomic mass is 10.1. The minimum absolute atomic E-state index is 0.103. The fourth-order valence-electron chi connectivity index (χ4n) is 2.84. The van der Waals surface area contributed by atoms with Crippen molar-refractivity contribution in [2.24, 2.45) is 0 Å². The van der Waals surface area contributed by atoms with E-state index in [0.29, 0.717) is 28.3 Å². The first kappa shape index (κ1) is 20.4. The number of anilines is 1. The van der Waals surface area contributed by atoms with Gasteiger partial charge in [0.1, 0.15) is 0 Å². The minimum Gasteiger partial charge on any atom is -0.454 e. The summed E-state index contributed by atoms with van der Waals surface area (Å²) in [6, 6.07) is 18.0. The Balaban J connectivity index is 1.37. The fraction of sp³-hybridized carbons (Fsp3) is 0.0455. The number of hydrogen-bond donors (Lipinski definition) is 3. The molecule has 0 aliphatic carbocycles. The predicted molar refractivity (Wildman–Crippen MR) is 116 cm³/mol. The van der Waals surface area contributed by atoms with Crippen LogP contribution < -0.4 is 25.6 Å². The summed E-state index contributed by atoms with van der Waals surface area (Å²) in [6.45, 7) is 0.103. The molecule has 3 aromatic carbocycles. The lowest BCUT2D eigenvalue weighted by Crippen LogP contribution is -2.41. The second-order valence-corrected chi connectivity index (χ2v) is 7.43. The van der Waals surface area contributed by atoms with Gasteiger partial charge in [0.15, 0.2) is 11.5 Å². The van der Waals surface area contributed by atoms with E-state index >= 15 is 0 Å². The highest BCUT2D eigenvalue weighted by atomic mass is 79.9. The molecule has 0 atom stereocenters. The summed E-state index contributed by atoms with van der Waals surface area (Å²) in [6.07, 6.45) is 0. The second-order valence-electron chi connectivity index (χ2n) is 6.52. The summed E-state index contributed by atoms with van der Waals surface area (Å²) in [4.78, 5) is 37.1. The van der Waals surface area contributed by atoms with E-state index in [1.807, 2.05) is 0 Å². The first-order valence-electron chi connectivity index (χ1n) is 9.17. The monoisotopic (exact) mass is 481 g/mol. The first-order valence-corrected chi connectivity index (χ1v) is 9.96. The number of hydrazine groups is 1. The molecule has 3 aromatic rings. The van der Waals surface area contributed by atoms with Crippen molar-refractivity contribution in [1.82, 2.24) is 10.9 Å². The average Bonchev–Trinajstić information content (AvgIpc) is 3.25. The zero-order valence-corrected chi connectivity index (χ0v) is 17.6. The Bertz CT molecular complexity index is 1160. The molecule has 0 saturated carbocycles. The third-order valence-electron chi connectivity index (χ3n) is 4.41. The number of fused-ring (bicyclic) bond motifs is 1. The van der Waals surface area contributed by atoms with Crippen molar-refractivity contribution in [1.29, 1.82) is 0 Å². The summed E-state index contributed by atoms with van der Waals surface area (Å²) in [5.41, 5.74) is 6.20. The zero-order valence-electron chi connectivity index (χ0n) is 16.0. The molecule has 3 N–H and O–H groups in total. The molecule has 31 heavy (non-hydrogen) atoms. The number of ether oxygens (including phenoxy) is 2. The van der Waals surface area contributed by atoms with Gasteiger partial charge in [-0.2, -0.15) is 0 Å². The highest BCUT2D eigenvalue weighted by molar-refractivity contribution is 9.10. The van der Waals surface area contributed by atoms with Crippen molar-refractivity contribution < 1.29 is 23.9 Å². The van der Waals surface area contributed by atoms with Crippen molar-refractivity contribution in [3.8, 4) is 11.5 Å². The Labute approximate surface area is 185 Å². The smallest absolute Gasteiger partial charge is 0.269 e. The predicted octanol–water partition coefficient (Wildman–Crippen LogP) is 3.50. The molecule has 0 unspecified atom stereocenters. The summed E-state index contributed by atoms with van der Waals surface area (Å²) in [7, 11) is 0. The van der Waals surface area contributed by atoms with Crippen LogP contribution in [0.3, 0.4) is 0 Å². The van der Waals surface area contributed by atoms with Gasteiger partial charge in [0.25, 0.3) is 17.7 Å². The molecule has 0 saturated heterocycles. The van der Waals surface area contributed by atoms with E-state index in [0.717, 1.165) is 4.47 Å². The summed E-state index contributed by atoms with van der Waals surface area (Å²) in [5.74, 6) is -0.322. The van der Waals surface area contributed by atoms with Crippen LogP contribution in [0.15, 0.2) is 71.2 Å². The SMILES string of the molecule is O=C(NNC(=O)c1ccc2c(c1)OCO2)c1cccc(NC(=O)c2ccc(Br)cc2)c1. The fourth-order valence-corrected chi connectivity index (χ4v) is 3.10. The van der Waals surface area contributed by atoms with Gasteiger partial charge in [0.05, 0.1) is 0 Å². The van der Waals surface area contributed by atoms with Crippen LogP contribution in [-0.2, 0) is 0 Å². The van der Waals surface area contributed by atoms with E-state index in [1.54, 1.807) is 54.6 Å². The van der Waals surface area contributed by atoms with E-state index < -0.39 is 11.8 Å². The molecular weight excluding hydrogens is 466 g/mol. The third kappa shape index (κ3) is 4.84. The standard InChI is InChI=1S/C22H16BrN3O5/c23-16-7-4-13(5-8-16)20(27)24-17-3-1-2-14(10-17)21(28)25-26-22(29)15-6-9-18-19(11-15)31-12-30-18/h1-11H,12H2,(H,24,27)(H,25,28)(H,26,29). The lowest BCUT2D eigenvalue weighted by molar-refractivity contribution is 0.0846. The topological polar surface area (TPSA) is 106 Å². The second kappa shape index (κ2) is 8.88. The van der Waals surface area contributed by atoms with Crippen molar-refractivity contribution in [3.63, 3.8) is 0 Å². The third-order valence-corrected chi connectivity index (χ3v) is 4.94. The van der Waals surface area contributed by atoms with E-state index in [9.17, 15) is 14.4 Å². The molecule has 3 amide bonds. The summed E-state index contributed by atoms with van der Waals surface area (Å²) in [5, 5.41) is 2.74. The van der Waals surface area contributed by atoms with Gasteiger partial charge >= 0.3 is 0 Å². The Kier molecular flexibility index (Phi) is 5.85. The van der Waals surface area contributed by atoms with Gasteiger partial charge in [-0.25, -0.2) is 0 Å². The quantitative estimate of drug-likeness (QED) is 0.494. The molecule has 9 heteroatoms. The number of benzene rings is 3. The molecule has 156 valence electrons. The van der Waals surface area contributed by atoms with Crippen LogP contribution in [0, 0.1) is 0 Å². The maximum absolute atomic E-state index is 12.4. The molecule has 1 aliphatic rings. The van der Waals surface area contributed by atoms with E-state index in [1.165, 1.54) is 12.1 Å². The highest BCUT2D eigenvalue weighted by Gasteiger charge is 2.17. The van der Waals surface area contributed by atoms with Gasteiger partial charge in [-0.3, -0.25) is 25.2 Å². The van der Waals surface area contributed by atoms with Crippen molar-refractivity contribution >= 4 is 39.3 Å². The summed E-state index contributed by atoms with van der Waals surface area (Å²) < 4.78 is 11.3. The van der Waals surface area contributed by atoms with Crippen LogP contribution in [0.25, 0.3) is 0 Å². The molecule has 0 aromatic heterocycles. The van der Waals surface area contributed by atoms with E-state index in [-0.39, 0.29) is 18.3 Å². The van der Waals surface area contributed by atoms with Crippen molar-refractivity contribution in [2.45, 2.75) is 0 Å². The maximum atomic E-state index is 12.4. The Morgan fingerprint density at radius 2 is 1.35 bits per heavy atom. The highest BCUT2D eigenvalue weighted by Crippen LogP contribution is 2.32. The van der Waals surface area contributed by atoms with E-state index in [4.69, 9.17) is 9.47 Å². The average molecular weight is 482 g/mol. The number of carbonyl (C=O) groups excluding carboxylic acids is 3. The maximum Gasteiger partial charge on any atom is 0.269 e. The lowest BCUT2D eigenvalue weighted by Gasteiger charge is -2.10. The van der Waals surface area contributed by atoms with Crippen LogP contribution in [0.1, 0.15) is 31.1 Å². The van der Waals surface area contributed by atoms with Gasteiger partial charge in [0, 0.05) is 26.9 Å². The van der Waals surface area contributed by atoms with Crippen LogP contribution in [0.2, 0.25) is 0 Å². The largest absolute Gasteiger partial charge is 0.454 e. The molecule has 1 heterocycles. The van der Waals surface area contributed by atoms with Crippen LogP contribution in [0.4, 0.5) is 5.69 Å². The summed E-state index contributed by atoms with van der Waals surface area (Å²) >= 11 is 3.32. The Hall–Kier alpha value is -3.85. The molecule has 4 rings (SSSR count). The molecule has 1 aliphatic heterocycles. The minimum atomic E-state index is -0.533. The molecule has 8 nitrogen and oxygen atoms in total. The van der Waals surface area contributed by atoms with Crippen LogP contribution >= 0.6 is 15.9 Å². The van der Waals surface area contributed by atoms with Gasteiger partial charge in [-0.15, -0.1) is 0 Å². The number of halogens is 1. The number of nitrogens with one attached hydrogen (secondary N) is 3. The van der Waals surface area contributed by atoms with Gasteiger partial charge < -0.3 is 14.8 Å².